The molecule has 1 unspecified atom stereocenters. The Morgan fingerprint density at radius 1 is 1.03 bits per heavy atom. The van der Waals surface area contributed by atoms with Crippen LogP contribution in [0.2, 0.25) is 10.0 Å². The zero-order valence-electron chi connectivity index (χ0n) is 19.3. The molecule has 0 saturated carbocycles. The number of halogens is 2. The van der Waals surface area contributed by atoms with E-state index >= 15 is 0 Å². The lowest BCUT2D eigenvalue weighted by molar-refractivity contribution is 0.0922. The number of anilines is 1. The van der Waals surface area contributed by atoms with Crippen LogP contribution in [0.5, 0.6) is 0 Å². The molecule has 1 atom stereocenters. The number of hydrogen-bond donors (Lipinski definition) is 0. The molecule has 2 aromatic heterocycles. The van der Waals surface area contributed by atoms with Crippen molar-refractivity contribution >= 4 is 34.9 Å². The summed E-state index contributed by atoms with van der Waals surface area (Å²) in [6.45, 7) is 4.01. The lowest BCUT2D eigenvalue weighted by atomic mass is 9.98. The molecule has 4 aromatic rings. The molecule has 5 rings (SSSR count). The summed E-state index contributed by atoms with van der Waals surface area (Å²) in [4.78, 5) is 17.8. The zero-order chi connectivity index (χ0) is 24.4. The van der Waals surface area contributed by atoms with Gasteiger partial charge < -0.3 is 4.42 Å². The van der Waals surface area contributed by atoms with Crippen molar-refractivity contribution in [3.63, 3.8) is 0 Å². The fourth-order valence-electron chi connectivity index (χ4n) is 4.66. The second kappa shape index (κ2) is 10.3. The molecule has 1 fully saturated rings. The first-order chi connectivity index (χ1) is 17.0. The van der Waals surface area contributed by atoms with Crippen molar-refractivity contribution in [2.24, 2.45) is 0 Å². The van der Waals surface area contributed by atoms with Crippen LogP contribution in [-0.2, 0) is 0 Å². The smallest absolute Gasteiger partial charge is 0.295 e. The number of benzene rings is 2. The standard InChI is InChI=1S/C27H26Cl2N4O2/c1-19(20-6-3-2-4-7-20)31-14-11-21(12-15-31)33(27(34)25-8-5-17-35-25)26-13-16-32(30-26)22-9-10-23(28)24(29)18-22/h2-10,13,16-19,21H,11-12,14-15H2,1H3. The monoisotopic (exact) mass is 508 g/mol. The van der Waals surface area contributed by atoms with Crippen molar-refractivity contribution in [2.75, 3.05) is 18.0 Å². The van der Waals surface area contributed by atoms with Gasteiger partial charge in [-0.05, 0) is 55.7 Å². The lowest BCUT2D eigenvalue weighted by Gasteiger charge is -2.39. The summed E-state index contributed by atoms with van der Waals surface area (Å²) in [6.07, 6.45) is 5.01. The Hall–Kier alpha value is -3.06. The van der Waals surface area contributed by atoms with Crippen molar-refractivity contribution in [1.82, 2.24) is 14.7 Å². The summed E-state index contributed by atoms with van der Waals surface area (Å²) < 4.78 is 7.16. The molecule has 180 valence electrons. The number of piperidine rings is 1. The number of aromatic nitrogens is 2. The van der Waals surface area contributed by atoms with Crippen molar-refractivity contribution in [2.45, 2.75) is 31.8 Å². The van der Waals surface area contributed by atoms with Crippen LogP contribution in [-0.4, -0.2) is 39.7 Å². The highest BCUT2D eigenvalue weighted by Gasteiger charge is 2.33. The fourth-order valence-corrected chi connectivity index (χ4v) is 4.96. The van der Waals surface area contributed by atoms with Gasteiger partial charge >= 0.3 is 0 Å². The van der Waals surface area contributed by atoms with Crippen LogP contribution < -0.4 is 4.90 Å². The number of carbonyl (C=O) groups excluding carboxylic acids is 1. The molecular formula is C27H26Cl2N4O2. The normalized spacial score (nSPS) is 15.7. The van der Waals surface area contributed by atoms with Gasteiger partial charge in [-0.25, -0.2) is 4.68 Å². The quantitative estimate of drug-likeness (QED) is 0.292. The van der Waals surface area contributed by atoms with Crippen LogP contribution in [0, 0.1) is 0 Å². The molecule has 1 aliphatic rings. The molecule has 6 nitrogen and oxygen atoms in total. The largest absolute Gasteiger partial charge is 0.459 e. The minimum atomic E-state index is -0.191. The first-order valence-electron chi connectivity index (χ1n) is 11.7. The SMILES string of the molecule is CC(c1ccccc1)N1CCC(N(C(=O)c2ccco2)c2ccn(-c3ccc(Cl)c(Cl)c3)n2)CC1. The number of nitrogens with zero attached hydrogens (tertiary/aromatic N) is 4. The predicted molar refractivity (Wildman–Crippen MR) is 139 cm³/mol. The molecule has 0 radical (unpaired) electrons. The topological polar surface area (TPSA) is 54.5 Å². The molecule has 1 saturated heterocycles. The maximum atomic E-state index is 13.5. The van der Waals surface area contributed by atoms with Gasteiger partial charge in [0, 0.05) is 37.4 Å². The van der Waals surface area contributed by atoms with E-state index in [0.29, 0.717) is 27.7 Å². The molecule has 1 aliphatic heterocycles. The van der Waals surface area contributed by atoms with E-state index in [-0.39, 0.29) is 11.9 Å². The summed E-state index contributed by atoms with van der Waals surface area (Å²) in [5.74, 6) is 0.685. The number of furan rings is 1. The maximum absolute atomic E-state index is 13.5. The molecule has 0 N–H and O–H groups in total. The first-order valence-corrected chi connectivity index (χ1v) is 12.4. The van der Waals surface area contributed by atoms with Gasteiger partial charge in [-0.1, -0.05) is 53.5 Å². The van der Waals surface area contributed by atoms with E-state index in [4.69, 9.17) is 32.7 Å². The summed E-state index contributed by atoms with van der Waals surface area (Å²) in [7, 11) is 0. The maximum Gasteiger partial charge on any atom is 0.295 e. The predicted octanol–water partition coefficient (Wildman–Crippen LogP) is 6.64. The van der Waals surface area contributed by atoms with E-state index in [1.54, 1.807) is 33.8 Å². The molecule has 2 aromatic carbocycles. The van der Waals surface area contributed by atoms with Gasteiger partial charge in [0.25, 0.3) is 5.91 Å². The Morgan fingerprint density at radius 2 is 1.80 bits per heavy atom. The van der Waals surface area contributed by atoms with Crippen LogP contribution in [0.4, 0.5) is 5.82 Å². The minimum Gasteiger partial charge on any atom is -0.459 e. The van der Waals surface area contributed by atoms with Gasteiger partial charge in [0.1, 0.15) is 0 Å². The molecule has 0 aliphatic carbocycles. The second-order valence-corrected chi connectivity index (χ2v) is 9.54. The van der Waals surface area contributed by atoms with Crippen LogP contribution in [0.15, 0.2) is 83.6 Å². The van der Waals surface area contributed by atoms with Gasteiger partial charge in [-0.3, -0.25) is 14.6 Å². The van der Waals surface area contributed by atoms with Crippen LogP contribution in [0.25, 0.3) is 5.69 Å². The van der Waals surface area contributed by atoms with Crippen LogP contribution in [0.1, 0.15) is 41.9 Å². The molecule has 3 heterocycles. The van der Waals surface area contributed by atoms with Crippen LogP contribution >= 0.6 is 23.2 Å². The molecule has 1 amide bonds. The third-order valence-corrected chi connectivity index (χ3v) is 7.37. The van der Waals surface area contributed by atoms with Gasteiger partial charge in [-0.15, -0.1) is 5.10 Å². The molecular weight excluding hydrogens is 483 g/mol. The summed E-state index contributed by atoms with van der Waals surface area (Å²) in [5, 5.41) is 5.65. The van der Waals surface area contributed by atoms with E-state index in [2.05, 4.69) is 36.1 Å². The average molecular weight is 509 g/mol. The van der Waals surface area contributed by atoms with Crippen molar-refractivity contribution in [1.29, 1.82) is 0 Å². The van der Waals surface area contributed by atoms with E-state index in [9.17, 15) is 4.79 Å². The molecule has 0 bridgehead atoms. The van der Waals surface area contributed by atoms with E-state index in [1.807, 2.05) is 24.4 Å². The third kappa shape index (κ3) is 5.01. The Morgan fingerprint density at radius 3 is 2.49 bits per heavy atom. The average Bonchev–Trinajstić information content (AvgIpc) is 3.59. The van der Waals surface area contributed by atoms with Gasteiger partial charge in [0.15, 0.2) is 11.6 Å². The molecule has 35 heavy (non-hydrogen) atoms. The fraction of sp³-hybridized carbons (Fsp3) is 0.259. The lowest BCUT2D eigenvalue weighted by Crippen LogP contribution is -2.48. The third-order valence-electron chi connectivity index (χ3n) is 6.63. The number of hydrogen-bond acceptors (Lipinski definition) is 4. The molecule has 8 heteroatoms. The molecule has 0 spiro atoms. The van der Waals surface area contributed by atoms with Crippen molar-refractivity contribution in [3.8, 4) is 5.69 Å². The number of rotatable bonds is 6. The van der Waals surface area contributed by atoms with Crippen molar-refractivity contribution < 1.29 is 9.21 Å². The Kier molecular flexibility index (Phi) is 6.95. The van der Waals surface area contributed by atoms with Gasteiger partial charge in [0.05, 0.1) is 22.0 Å². The second-order valence-electron chi connectivity index (χ2n) is 8.72. The minimum absolute atomic E-state index is 0.00368. The summed E-state index contributed by atoms with van der Waals surface area (Å²) >= 11 is 12.3. The first kappa shape index (κ1) is 23.7. The van der Waals surface area contributed by atoms with Crippen LogP contribution in [0.3, 0.4) is 0 Å². The highest BCUT2D eigenvalue weighted by atomic mass is 35.5. The van der Waals surface area contributed by atoms with E-state index in [1.165, 1.54) is 11.8 Å². The number of amides is 1. The van der Waals surface area contributed by atoms with E-state index < -0.39 is 0 Å². The highest BCUT2D eigenvalue weighted by Crippen LogP contribution is 2.30. The number of likely N-dealkylation sites (tertiary alicyclic amines) is 1. The summed E-state index contributed by atoms with van der Waals surface area (Å²) in [6, 6.07) is 21.4. The van der Waals surface area contributed by atoms with Gasteiger partial charge in [0.2, 0.25) is 0 Å². The van der Waals surface area contributed by atoms with Crippen molar-refractivity contribution in [3.05, 3.63) is 101 Å². The number of carbonyl (C=O) groups is 1. The Labute approximate surface area is 214 Å². The Bertz CT molecular complexity index is 1280. The van der Waals surface area contributed by atoms with Gasteiger partial charge in [-0.2, -0.15) is 0 Å². The summed E-state index contributed by atoms with van der Waals surface area (Å²) in [5.41, 5.74) is 2.07. The zero-order valence-corrected chi connectivity index (χ0v) is 20.9. The van der Waals surface area contributed by atoms with E-state index in [0.717, 1.165) is 31.6 Å². The highest BCUT2D eigenvalue weighted by molar-refractivity contribution is 6.42. The Balaban J connectivity index is 1.38.